The zero-order valence-electron chi connectivity index (χ0n) is 11.7. The lowest BCUT2D eigenvalue weighted by Gasteiger charge is -2.21. The molecule has 0 aromatic heterocycles. The van der Waals surface area contributed by atoms with E-state index in [-0.39, 0.29) is 5.75 Å². The highest BCUT2D eigenvalue weighted by Gasteiger charge is 2.08. The van der Waals surface area contributed by atoms with Crippen molar-refractivity contribution in [3.05, 3.63) is 0 Å². The lowest BCUT2D eigenvalue weighted by Crippen LogP contribution is -2.35. The molecule has 0 aliphatic carbocycles. The van der Waals surface area contributed by atoms with Gasteiger partial charge in [0.1, 0.15) is 9.84 Å². The Kier molecular flexibility index (Phi) is 8.82. The number of likely N-dealkylation sites (N-methyl/N-ethyl adjacent to an activating group) is 1. The first kappa shape index (κ1) is 16.9. The Morgan fingerprint density at radius 2 is 1.82 bits per heavy atom. The molecule has 17 heavy (non-hydrogen) atoms. The summed E-state index contributed by atoms with van der Waals surface area (Å²) in [6.07, 6.45) is 0.742. The third kappa shape index (κ3) is 9.56. The quantitative estimate of drug-likeness (QED) is 0.643. The smallest absolute Gasteiger partial charge is 0.150 e. The van der Waals surface area contributed by atoms with Crippen LogP contribution < -0.4 is 5.32 Å². The van der Waals surface area contributed by atoms with Crippen LogP contribution in [0.1, 0.15) is 34.1 Å². The summed E-state index contributed by atoms with van der Waals surface area (Å²) in [6, 6.07) is 0.508. The summed E-state index contributed by atoms with van der Waals surface area (Å²) in [6.45, 7) is 11.9. The van der Waals surface area contributed by atoms with Crippen molar-refractivity contribution < 1.29 is 8.42 Å². The normalized spacial score (nSPS) is 12.6. The molecular formula is C12H28N2O2S. The van der Waals surface area contributed by atoms with Crippen LogP contribution in [0.3, 0.4) is 0 Å². The van der Waals surface area contributed by atoms with E-state index in [1.54, 1.807) is 6.92 Å². The van der Waals surface area contributed by atoms with E-state index in [0.717, 1.165) is 32.6 Å². The van der Waals surface area contributed by atoms with Crippen LogP contribution in [0.25, 0.3) is 0 Å². The van der Waals surface area contributed by atoms with Crippen LogP contribution >= 0.6 is 0 Å². The maximum atomic E-state index is 11.3. The van der Waals surface area contributed by atoms with Gasteiger partial charge in [0.15, 0.2) is 0 Å². The standard InChI is InChI=1S/C12H28N2O2S/c1-5-14(10-8-13-12(3)4)9-7-11-17(15,16)6-2/h12-13H,5-11H2,1-4H3. The van der Waals surface area contributed by atoms with Crippen molar-refractivity contribution in [2.45, 2.75) is 40.2 Å². The fourth-order valence-electron chi connectivity index (χ4n) is 1.59. The first-order chi connectivity index (χ1) is 7.91. The van der Waals surface area contributed by atoms with Gasteiger partial charge in [-0.2, -0.15) is 0 Å². The summed E-state index contributed by atoms with van der Waals surface area (Å²) in [5.41, 5.74) is 0. The van der Waals surface area contributed by atoms with Crippen LogP contribution in [0.15, 0.2) is 0 Å². The van der Waals surface area contributed by atoms with Crippen molar-refractivity contribution in [3.8, 4) is 0 Å². The number of hydrogen-bond donors (Lipinski definition) is 1. The Bertz CT molecular complexity index is 276. The summed E-state index contributed by atoms with van der Waals surface area (Å²) in [5, 5.41) is 3.37. The topological polar surface area (TPSA) is 49.4 Å². The van der Waals surface area contributed by atoms with Gasteiger partial charge in [-0.1, -0.05) is 27.7 Å². The van der Waals surface area contributed by atoms with E-state index >= 15 is 0 Å². The SMILES string of the molecule is CCN(CCCS(=O)(=O)CC)CCNC(C)C. The van der Waals surface area contributed by atoms with Gasteiger partial charge in [-0.3, -0.25) is 0 Å². The molecule has 0 unspecified atom stereocenters. The van der Waals surface area contributed by atoms with Crippen molar-refractivity contribution in [1.82, 2.24) is 10.2 Å². The second kappa shape index (κ2) is 8.89. The molecule has 0 aromatic carbocycles. The van der Waals surface area contributed by atoms with Crippen molar-refractivity contribution in [2.75, 3.05) is 37.7 Å². The van der Waals surface area contributed by atoms with Gasteiger partial charge >= 0.3 is 0 Å². The molecule has 0 aromatic rings. The van der Waals surface area contributed by atoms with Crippen LogP contribution in [0.4, 0.5) is 0 Å². The van der Waals surface area contributed by atoms with Crippen LogP contribution in [0.2, 0.25) is 0 Å². The Labute approximate surface area is 107 Å². The third-order valence-corrected chi connectivity index (χ3v) is 4.59. The second-order valence-corrected chi connectivity index (χ2v) is 7.11. The highest BCUT2D eigenvalue weighted by atomic mass is 32.2. The van der Waals surface area contributed by atoms with Crippen molar-refractivity contribution in [3.63, 3.8) is 0 Å². The van der Waals surface area contributed by atoms with Crippen LogP contribution in [-0.4, -0.2) is 57.0 Å². The average molecular weight is 264 g/mol. The van der Waals surface area contributed by atoms with E-state index in [1.807, 2.05) is 0 Å². The van der Waals surface area contributed by atoms with E-state index in [2.05, 4.69) is 31.0 Å². The fraction of sp³-hybridized carbons (Fsp3) is 1.00. The Morgan fingerprint density at radius 3 is 2.29 bits per heavy atom. The highest BCUT2D eigenvalue weighted by Crippen LogP contribution is 1.97. The molecule has 0 aliphatic rings. The van der Waals surface area contributed by atoms with E-state index in [4.69, 9.17) is 0 Å². The molecule has 0 spiro atoms. The molecule has 0 saturated heterocycles. The van der Waals surface area contributed by atoms with E-state index in [0.29, 0.717) is 11.8 Å². The molecule has 0 atom stereocenters. The summed E-state index contributed by atoms with van der Waals surface area (Å²) in [5.74, 6) is 0.575. The van der Waals surface area contributed by atoms with E-state index in [9.17, 15) is 8.42 Å². The summed E-state index contributed by atoms with van der Waals surface area (Å²) < 4.78 is 22.7. The van der Waals surface area contributed by atoms with Gasteiger partial charge in [-0.25, -0.2) is 8.42 Å². The van der Waals surface area contributed by atoms with Gasteiger partial charge < -0.3 is 10.2 Å². The zero-order valence-corrected chi connectivity index (χ0v) is 12.5. The molecule has 0 heterocycles. The summed E-state index contributed by atoms with van der Waals surface area (Å²) in [7, 11) is -2.80. The number of nitrogens with zero attached hydrogens (tertiary/aromatic N) is 1. The Balaban J connectivity index is 3.75. The minimum absolute atomic E-state index is 0.258. The first-order valence-electron chi connectivity index (χ1n) is 6.57. The average Bonchev–Trinajstić information content (AvgIpc) is 2.26. The van der Waals surface area contributed by atoms with Gasteiger partial charge in [0.2, 0.25) is 0 Å². The predicted octanol–water partition coefficient (Wildman–Crippen LogP) is 1.13. The molecule has 0 bridgehead atoms. The van der Waals surface area contributed by atoms with Gasteiger partial charge in [0.05, 0.1) is 5.75 Å². The van der Waals surface area contributed by atoms with Gasteiger partial charge in [0.25, 0.3) is 0 Å². The second-order valence-electron chi connectivity index (χ2n) is 4.63. The third-order valence-electron chi connectivity index (χ3n) is 2.80. The number of hydrogen-bond acceptors (Lipinski definition) is 4. The van der Waals surface area contributed by atoms with Gasteiger partial charge in [0, 0.05) is 24.9 Å². The molecule has 0 amide bonds. The fourth-order valence-corrected chi connectivity index (χ4v) is 2.45. The molecule has 0 radical (unpaired) electrons. The maximum absolute atomic E-state index is 11.3. The molecule has 5 heteroatoms. The van der Waals surface area contributed by atoms with Crippen LogP contribution in [0, 0.1) is 0 Å². The largest absolute Gasteiger partial charge is 0.313 e. The number of sulfone groups is 1. The summed E-state index contributed by atoms with van der Waals surface area (Å²) >= 11 is 0. The molecule has 0 saturated carbocycles. The Morgan fingerprint density at radius 1 is 1.18 bits per heavy atom. The lowest BCUT2D eigenvalue weighted by atomic mass is 10.3. The molecule has 104 valence electrons. The predicted molar refractivity (Wildman–Crippen MR) is 74.2 cm³/mol. The van der Waals surface area contributed by atoms with Crippen molar-refractivity contribution >= 4 is 9.84 Å². The summed E-state index contributed by atoms with van der Waals surface area (Å²) in [4.78, 5) is 2.29. The van der Waals surface area contributed by atoms with Crippen molar-refractivity contribution in [1.29, 1.82) is 0 Å². The van der Waals surface area contributed by atoms with Crippen LogP contribution in [0.5, 0.6) is 0 Å². The molecular weight excluding hydrogens is 236 g/mol. The monoisotopic (exact) mass is 264 g/mol. The van der Waals surface area contributed by atoms with E-state index in [1.165, 1.54) is 0 Å². The zero-order chi connectivity index (χ0) is 13.3. The molecule has 0 rings (SSSR count). The van der Waals surface area contributed by atoms with E-state index < -0.39 is 9.84 Å². The lowest BCUT2D eigenvalue weighted by molar-refractivity contribution is 0.285. The molecule has 1 N–H and O–H groups in total. The highest BCUT2D eigenvalue weighted by molar-refractivity contribution is 7.91. The first-order valence-corrected chi connectivity index (χ1v) is 8.39. The van der Waals surface area contributed by atoms with Gasteiger partial charge in [-0.15, -0.1) is 0 Å². The van der Waals surface area contributed by atoms with Crippen LogP contribution in [-0.2, 0) is 9.84 Å². The Hall–Kier alpha value is -0.130. The van der Waals surface area contributed by atoms with Gasteiger partial charge in [-0.05, 0) is 19.5 Å². The maximum Gasteiger partial charge on any atom is 0.150 e. The molecule has 0 aliphatic heterocycles. The van der Waals surface area contributed by atoms with Crippen molar-refractivity contribution in [2.24, 2.45) is 0 Å². The minimum Gasteiger partial charge on any atom is -0.313 e. The molecule has 4 nitrogen and oxygen atoms in total. The molecule has 0 fully saturated rings. The minimum atomic E-state index is -2.80. The number of rotatable bonds is 10. The number of nitrogens with one attached hydrogen (secondary N) is 1.